The van der Waals surface area contributed by atoms with Gasteiger partial charge in [0.1, 0.15) is 12.7 Å². The maximum atomic E-state index is 13.3. The van der Waals surface area contributed by atoms with Crippen molar-refractivity contribution in [1.29, 1.82) is 0 Å². The van der Waals surface area contributed by atoms with Gasteiger partial charge in [0.2, 0.25) is 0 Å². The van der Waals surface area contributed by atoms with Gasteiger partial charge in [-0.1, -0.05) is 40.2 Å². The normalized spacial score (nSPS) is 19.3. The van der Waals surface area contributed by atoms with Crippen LogP contribution in [0, 0.1) is 5.41 Å². The van der Waals surface area contributed by atoms with Gasteiger partial charge in [-0.15, -0.1) is 4.59 Å². The first-order chi connectivity index (χ1) is 13.2. The Kier molecular flexibility index (Phi) is 6.51. The van der Waals surface area contributed by atoms with Gasteiger partial charge in [-0.2, -0.15) is 5.01 Å². The van der Waals surface area contributed by atoms with Crippen molar-refractivity contribution in [2.45, 2.75) is 47.0 Å². The number of hydrogen-bond donors (Lipinski definition) is 0. The first-order valence-electron chi connectivity index (χ1n) is 9.49. The summed E-state index contributed by atoms with van der Waals surface area (Å²) >= 11 is 0. The summed E-state index contributed by atoms with van der Waals surface area (Å²) in [6.07, 6.45) is 7.92. The summed E-state index contributed by atoms with van der Waals surface area (Å²) < 4.78 is -0.734. The first-order valence-corrected chi connectivity index (χ1v) is 9.49. The summed E-state index contributed by atoms with van der Waals surface area (Å²) in [5.41, 5.74) is 0.386. The van der Waals surface area contributed by atoms with Crippen LogP contribution in [0.15, 0.2) is 43.0 Å². The third-order valence-electron chi connectivity index (χ3n) is 5.23. The van der Waals surface area contributed by atoms with E-state index in [1.807, 2.05) is 13.8 Å². The maximum Gasteiger partial charge on any atom is 0.411 e. The highest BCUT2D eigenvalue weighted by molar-refractivity contribution is 6.35. The van der Waals surface area contributed by atoms with Crippen molar-refractivity contribution in [3.8, 4) is 0 Å². The molecule has 1 unspecified atom stereocenters. The molecule has 0 bridgehead atoms. The lowest BCUT2D eigenvalue weighted by atomic mass is 9.84. The van der Waals surface area contributed by atoms with Gasteiger partial charge in [-0.05, 0) is 18.9 Å². The van der Waals surface area contributed by atoms with E-state index in [4.69, 9.17) is 0 Å². The number of carbonyl (C=O) groups is 3. The minimum Gasteiger partial charge on any atom is -0.526 e. The van der Waals surface area contributed by atoms with Gasteiger partial charge < -0.3 is 9.90 Å². The molecule has 0 aliphatic carbocycles. The Morgan fingerprint density at radius 3 is 2.50 bits per heavy atom. The molecule has 1 aliphatic heterocycles. The van der Waals surface area contributed by atoms with Crippen LogP contribution in [0.5, 0.6) is 0 Å². The van der Waals surface area contributed by atoms with E-state index in [-0.39, 0.29) is 6.54 Å². The van der Waals surface area contributed by atoms with Crippen molar-refractivity contribution in [1.82, 2.24) is 9.99 Å². The Balaban J connectivity index is 2.55. The largest absolute Gasteiger partial charge is 0.526 e. The smallest absolute Gasteiger partial charge is 0.411 e. The molecule has 28 heavy (non-hydrogen) atoms. The molecule has 150 valence electrons. The summed E-state index contributed by atoms with van der Waals surface area (Å²) in [7, 11) is 0. The number of unbranched alkanes of at least 4 members (excludes halogenated alkanes) is 1. The molecule has 1 aromatic rings. The van der Waals surface area contributed by atoms with Crippen LogP contribution >= 0.6 is 0 Å². The zero-order valence-corrected chi connectivity index (χ0v) is 16.8. The molecule has 2 amide bonds. The van der Waals surface area contributed by atoms with Gasteiger partial charge in [-0.3, -0.25) is 9.78 Å². The van der Waals surface area contributed by atoms with Crippen LogP contribution in [-0.4, -0.2) is 38.9 Å². The van der Waals surface area contributed by atoms with Crippen LogP contribution in [0.1, 0.15) is 52.5 Å². The Morgan fingerprint density at radius 2 is 1.96 bits per heavy atom. The van der Waals surface area contributed by atoms with E-state index >= 15 is 0 Å². The highest BCUT2D eigenvalue weighted by Crippen LogP contribution is 2.31. The molecule has 2 rings (SSSR count). The van der Waals surface area contributed by atoms with Gasteiger partial charge in [-0.25, -0.2) is 4.79 Å². The monoisotopic (exact) mass is 385 g/mol. The molecule has 1 aromatic heterocycles. The van der Waals surface area contributed by atoms with Gasteiger partial charge in [0.15, 0.2) is 6.09 Å². The van der Waals surface area contributed by atoms with Crippen molar-refractivity contribution in [2.75, 3.05) is 6.54 Å². The highest BCUT2D eigenvalue weighted by Gasteiger charge is 2.50. The van der Waals surface area contributed by atoms with Crippen molar-refractivity contribution in [3.05, 3.63) is 48.6 Å². The molecule has 0 saturated carbocycles. The molecular weight excluding hydrogens is 358 g/mol. The Labute approximate surface area is 165 Å². The maximum absolute atomic E-state index is 13.3. The molecule has 1 aliphatic rings. The van der Waals surface area contributed by atoms with Gasteiger partial charge in [0.25, 0.3) is 5.78 Å². The number of quaternary nitrogens is 1. The van der Waals surface area contributed by atoms with Crippen LogP contribution in [0.25, 0.3) is 5.57 Å². The molecular formula is C21H27N3O4. The quantitative estimate of drug-likeness (QED) is 0.532. The van der Waals surface area contributed by atoms with E-state index in [0.717, 1.165) is 11.4 Å². The third-order valence-corrected chi connectivity index (χ3v) is 5.23. The molecule has 7 nitrogen and oxygen atoms in total. The Bertz CT molecular complexity index is 814. The molecule has 0 spiro atoms. The zero-order chi connectivity index (χ0) is 20.9. The van der Waals surface area contributed by atoms with Crippen LogP contribution in [0.2, 0.25) is 0 Å². The lowest BCUT2D eigenvalue weighted by Gasteiger charge is -2.42. The summed E-state index contributed by atoms with van der Waals surface area (Å²) in [5.74, 6) is -1.37. The number of rotatable bonds is 7. The number of pyridine rings is 1. The second-order valence-corrected chi connectivity index (χ2v) is 7.53. The topological polar surface area (TPSA) is 90.4 Å². The number of carbonyl (C=O) groups excluding carboxylic acids is 3. The van der Waals surface area contributed by atoms with Crippen molar-refractivity contribution >= 4 is 23.4 Å². The van der Waals surface area contributed by atoms with Gasteiger partial charge in [0.05, 0.1) is 6.20 Å². The van der Waals surface area contributed by atoms with E-state index in [0.29, 0.717) is 24.0 Å². The average Bonchev–Trinajstić information content (AvgIpc) is 2.71. The van der Waals surface area contributed by atoms with Crippen LogP contribution < -0.4 is 5.11 Å². The van der Waals surface area contributed by atoms with E-state index in [9.17, 15) is 19.5 Å². The molecule has 7 heteroatoms. The summed E-state index contributed by atoms with van der Waals surface area (Å²) in [6.45, 7) is 7.30. The number of amides is 2. The lowest BCUT2D eigenvalue weighted by Crippen LogP contribution is -2.66. The fraction of sp³-hybridized carbons (Fsp3) is 0.429. The van der Waals surface area contributed by atoms with Crippen molar-refractivity contribution in [3.63, 3.8) is 0 Å². The fourth-order valence-corrected chi connectivity index (χ4v) is 2.93. The average molecular weight is 385 g/mol. The molecule has 0 N–H and O–H groups in total. The SMILES string of the molecule is CCCC[N+]1(C(=O)C(=O)C(C)(C)CC)C=CC(c2cccnc2)=CN1C(=O)[O-]. The number of allylic oxidation sites excluding steroid dienone is 2. The molecule has 0 radical (unpaired) electrons. The predicted molar refractivity (Wildman–Crippen MR) is 103 cm³/mol. The first kappa shape index (κ1) is 21.5. The minimum atomic E-state index is -1.54. The Morgan fingerprint density at radius 1 is 1.25 bits per heavy atom. The molecule has 2 heterocycles. The number of nitrogens with zero attached hydrogens (tertiary/aromatic N) is 3. The standard InChI is InChI=1S/C21H27N3O4/c1-5-7-12-24(19(26)18(25)21(3,4)6-2)13-10-17(15-23(24)20(27)28)16-9-8-11-22-14-16/h8-11,13-15H,5-7,12H2,1-4H3. The summed E-state index contributed by atoms with van der Waals surface area (Å²) in [4.78, 5) is 42.2. The summed E-state index contributed by atoms with van der Waals surface area (Å²) in [5, 5.41) is 12.8. The van der Waals surface area contributed by atoms with E-state index < -0.39 is 27.8 Å². The number of Topliss-reactive ketones (excluding diaryl/α,β-unsaturated/α-hetero) is 1. The second kappa shape index (κ2) is 8.48. The number of ketones is 1. The van der Waals surface area contributed by atoms with Crippen LogP contribution in [0.4, 0.5) is 4.79 Å². The molecule has 0 saturated heterocycles. The van der Waals surface area contributed by atoms with E-state index in [2.05, 4.69) is 4.98 Å². The highest BCUT2D eigenvalue weighted by atomic mass is 16.4. The lowest BCUT2D eigenvalue weighted by molar-refractivity contribution is -0.904. The van der Waals surface area contributed by atoms with Gasteiger partial charge in [0, 0.05) is 35.0 Å². The molecule has 0 fully saturated rings. The van der Waals surface area contributed by atoms with Crippen molar-refractivity contribution < 1.29 is 24.1 Å². The number of hydrogen-bond acceptors (Lipinski definition) is 5. The van der Waals surface area contributed by atoms with Crippen LogP contribution in [0.3, 0.4) is 0 Å². The van der Waals surface area contributed by atoms with Gasteiger partial charge >= 0.3 is 5.91 Å². The fourth-order valence-electron chi connectivity index (χ4n) is 2.93. The predicted octanol–water partition coefficient (Wildman–Crippen LogP) is 2.66. The molecule has 1 atom stereocenters. The number of aromatic nitrogens is 1. The van der Waals surface area contributed by atoms with E-state index in [1.165, 1.54) is 12.4 Å². The number of carboxylic acid groups (broad SMARTS) is 1. The molecule has 0 aromatic carbocycles. The minimum absolute atomic E-state index is 0.155. The zero-order valence-electron chi connectivity index (χ0n) is 16.8. The Hall–Kier alpha value is -2.80. The van der Waals surface area contributed by atoms with Crippen LogP contribution in [-0.2, 0) is 9.59 Å². The summed E-state index contributed by atoms with van der Waals surface area (Å²) in [6, 6.07) is 3.52. The van der Waals surface area contributed by atoms with Crippen molar-refractivity contribution in [2.24, 2.45) is 5.41 Å². The third kappa shape index (κ3) is 4.04. The second-order valence-electron chi connectivity index (χ2n) is 7.53. The van der Waals surface area contributed by atoms with E-state index in [1.54, 1.807) is 44.4 Å².